The molecule has 33 heavy (non-hydrogen) atoms. The van der Waals surface area contributed by atoms with E-state index in [-0.39, 0.29) is 12.5 Å². The summed E-state index contributed by atoms with van der Waals surface area (Å²) in [4.78, 5) is 37.8. The molecule has 4 aromatic rings. The second kappa shape index (κ2) is 8.90. The van der Waals surface area contributed by atoms with Gasteiger partial charge >= 0.3 is 5.69 Å². The number of ether oxygens (including phenoxy) is 1. The number of anilines is 3. The highest BCUT2D eigenvalue weighted by Gasteiger charge is 2.20. The Kier molecular flexibility index (Phi) is 5.65. The maximum absolute atomic E-state index is 12.6. The molecule has 1 aliphatic heterocycles. The van der Waals surface area contributed by atoms with E-state index in [9.17, 15) is 9.59 Å². The summed E-state index contributed by atoms with van der Waals surface area (Å²) in [6, 6.07) is 9.80. The number of carbonyl (C=O) groups is 1. The van der Waals surface area contributed by atoms with Crippen LogP contribution in [-0.4, -0.2) is 63.3 Å². The first-order valence-corrected chi connectivity index (χ1v) is 11.3. The summed E-state index contributed by atoms with van der Waals surface area (Å²) in [5, 5.41) is 9.21. The van der Waals surface area contributed by atoms with Crippen LogP contribution in [0.5, 0.6) is 5.75 Å². The standard InChI is InChI=1S/C21H22N8O3S/c1-32-16-4-2-3-15(11-16)26-6-8-27(9-7-26)17-12-18-25-29(21(31)28(18)14-23-17)13-19(30)24-20-22-5-10-33-20/h2-5,10-12,14H,6-9,13H2,1H3,(H,22,24,30). The number of nitrogens with one attached hydrogen (secondary N) is 1. The van der Waals surface area contributed by atoms with E-state index >= 15 is 0 Å². The number of nitrogens with zero attached hydrogens (tertiary/aromatic N) is 7. The average molecular weight is 467 g/mol. The highest BCUT2D eigenvalue weighted by atomic mass is 32.1. The zero-order valence-corrected chi connectivity index (χ0v) is 18.7. The minimum absolute atomic E-state index is 0.200. The molecule has 1 N–H and O–H groups in total. The average Bonchev–Trinajstić information content (AvgIpc) is 3.46. The number of thiazole rings is 1. The SMILES string of the molecule is COc1cccc(N2CCN(c3cc4nn(CC(=O)Nc5nccs5)c(=O)n4cn3)CC2)c1. The van der Waals surface area contributed by atoms with E-state index in [1.807, 2.05) is 18.2 Å². The van der Waals surface area contributed by atoms with Gasteiger partial charge in [0.25, 0.3) is 0 Å². The van der Waals surface area contributed by atoms with Crippen LogP contribution in [0.1, 0.15) is 0 Å². The van der Waals surface area contributed by atoms with Crippen molar-refractivity contribution < 1.29 is 9.53 Å². The number of hydrogen-bond donors (Lipinski definition) is 1. The molecule has 0 atom stereocenters. The largest absolute Gasteiger partial charge is 0.497 e. The molecular formula is C21H22N8O3S. The van der Waals surface area contributed by atoms with Gasteiger partial charge in [0.05, 0.1) is 7.11 Å². The van der Waals surface area contributed by atoms with E-state index < -0.39 is 5.69 Å². The fourth-order valence-electron chi connectivity index (χ4n) is 3.77. The number of benzene rings is 1. The van der Waals surface area contributed by atoms with Gasteiger partial charge in [0.15, 0.2) is 10.8 Å². The lowest BCUT2D eigenvalue weighted by molar-refractivity contribution is -0.117. The predicted octanol–water partition coefficient (Wildman–Crippen LogP) is 1.32. The monoisotopic (exact) mass is 466 g/mol. The van der Waals surface area contributed by atoms with E-state index in [0.29, 0.717) is 10.8 Å². The third-order valence-electron chi connectivity index (χ3n) is 5.45. The van der Waals surface area contributed by atoms with Crippen molar-refractivity contribution in [1.82, 2.24) is 24.1 Å². The minimum atomic E-state index is -0.416. The lowest BCUT2D eigenvalue weighted by atomic mass is 10.2. The molecular weight excluding hydrogens is 444 g/mol. The molecule has 0 aliphatic carbocycles. The smallest absolute Gasteiger partial charge is 0.352 e. The number of piperazine rings is 1. The Morgan fingerprint density at radius 3 is 2.73 bits per heavy atom. The number of carbonyl (C=O) groups excluding carboxylic acids is 1. The molecule has 12 heteroatoms. The summed E-state index contributed by atoms with van der Waals surface area (Å²) >= 11 is 1.31. The maximum atomic E-state index is 12.6. The Morgan fingerprint density at radius 1 is 1.15 bits per heavy atom. The first kappa shape index (κ1) is 20.9. The van der Waals surface area contributed by atoms with Crippen molar-refractivity contribution in [3.8, 4) is 5.75 Å². The van der Waals surface area contributed by atoms with Crippen LogP contribution in [0.2, 0.25) is 0 Å². The van der Waals surface area contributed by atoms with Crippen LogP contribution in [0.4, 0.5) is 16.6 Å². The Bertz CT molecular complexity index is 1330. The van der Waals surface area contributed by atoms with Crippen molar-refractivity contribution in [3.05, 3.63) is 58.7 Å². The third-order valence-corrected chi connectivity index (χ3v) is 6.14. The van der Waals surface area contributed by atoms with Crippen LogP contribution in [0.15, 0.2) is 53.0 Å². The second-order valence-electron chi connectivity index (χ2n) is 7.48. The van der Waals surface area contributed by atoms with Crippen LogP contribution in [0.3, 0.4) is 0 Å². The van der Waals surface area contributed by atoms with Gasteiger partial charge < -0.3 is 19.9 Å². The van der Waals surface area contributed by atoms with E-state index in [0.717, 1.165) is 48.1 Å². The van der Waals surface area contributed by atoms with Gasteiger partial charge in [-0.2, -0.15) is 0 Å². The van der Waals surface area contributed by atoms with Crippen molar-refractivity contribution in [2.24, 2.45) is 0 Å². The molecule has 0 spiro atoms. The van der Waals surface area contributed by atoms with Gasteiger partial charge in [-0.05, 0) is 12.1 Å². The van der Waals surface area contributed by atoms with Gasteiger partial charge in [-0.25, -0.2) is 23.8 Å². The molecule has 4 heterocycles. The molecule has 1 fully saturated rings. The van der Waals surface area contributed by atoms with Crippen LogP contribution in [0.25, 0.3) is 5.65 Å². The lowest BCUT2D eigenvalue weighted by Crippen LogP contribution is -2.46. The maximum Gasteiger partial charge on any atom is 0.352 e. The summed E-state index contributed by atoms with van der Waals surface area (Å²) in [5.74, 6) is 1.22. The molecule has 170 valence electrons. The van der Waals surface area contributed by atoms with E-state index in [1.165, 1.54) is 22.1 Å². The van der Waals surface area contributed by atoms with E-state index in [4.69, 9.17) is 4.74 Å². The van der Waals surface area contributed by atoms with Crippen molar-refractivity contribution in [1.29, 1.82) is 0 Å². The normalized spacial score (nSPS) is 14.0. The third kappa shape index (κ3) is 4.37. The van der Waals surface area contributed by atoms with E-state index in [2.05, 4.69) is 36.2 Å². The zero-order valence-electron chi connectivity index (χ0n) is 17.9. The molecule has 1 saturated heterocycles. The number of hydrogen-bond acceptors (Lipinski definition) is 9. The molecule has 1 amide bonds. The Hall–Kier alpha value is -3.93. The van der Waals surface area contributed by atoms with Crippen LogP contribution in [-0.2, 0) is 11.3 Å². The van der Waals surface area contributed by atoms with Gasteiger partial charge in [0, 0.05) is 55.6 Å². The summed E-state index contributed by atoms with van der Waals surface area (Å²) in [7, 11) is 1.67. The Labute approximate surface area is 192 Å². The zero-order chi connectivity index (χ0) is 22.8. The molecule has 0 bridgehead atoms. The van der Waals surface area contributed by atoms with Gasteiger partial charge in [-0.15, -0.1) is 16.4 Å². The molecule has 3 aromatic heterocycles. The summed E-state index contributed by atoms with van der Waals surface area (Å²) < 4.78 is 7.80. The molecule has 0 radical (unpaired) electrons. The fraction of sp³-hybridized carbons (Fsp3) is 0.286. The van der Waals surface area contributed by atoms with Gasteiger partial charge in [-0.1, -0.05) is 6.07 Å². The van der Waals surface area contributed by atoms with Crippen molar-refractivity contribution in [2.45, 2.75) is 6.54 Å². The number of amides is 1. The molecule has 5 rings (SSSR count). The summed E-state index contributed by atoms with van der Waals surface area (Å²) in [6.45, 7) is 3.02. The minimum Gasteiger partial charge on any atom is -0.497 e. The molecule has 1 aromatic carbocycles. The molecule has 11 nitrogen and oxygen atoms in total. The highest BCUT2D eigenvalue weighted by Crippen LogP contribution is 2.23. The second-order valence-corrected chi connectivity index (χ2v) is 8.37. The number of methoxy groups -OCH3 is 1. The Morgan fingerprint density at radius 2 is 1.97 bits per heavy atom. The topological polar surface area (TPSA) is 110 Å². The number of aromatic nitrogens is 5. The Balaban J connectivity index is 1.28. The lowest BCUT2D eigenvalue weighted by Gasteiger charge is -2.36. The number of rotatable bonds is 6. The van der Waals surface area contributed by atoms with Crippen molar-refractivity contribution in [2.75, 3.05) is 48.4 Å². The molecule has 0 saturated carbocycles. The predicted molar refractivity (Wildman–Crippen MR) is 125 cm³/mol. The fourth-order valence-corrected chi connectivity index (χ4v) is 4.32. The molecule has 0 unspecified atom stereocenters. The van der Waals surface area contributed by atoms with Gasteiger partial charge in [0.2, 0.25) is 5.91 Å². The molecule has 1 aliphatic rings. The van der Waals surface area contributed by atoms with Crippen LogP contribution in [0, 0.1) is 0 Å². The quantitative estimate of drug-likeness (QED) is 0.453. The van der Waals surface area contributed by atoms with Gasteiger partial charge in [-0.3, -0.25) is 4.79 Å². The summed E-state index contributed by atoms with van der Waals surface area (Å²) in [6.07, 6.45) is 3.06. The van der Waals surface area contributed by atoms with Crippen LogP contribution < -0.4 is 25.5 Å². The number of fused-ring (bicyclic) bond motifs is 1. The van der Waals surface area contributed by atoms with Gasteiger partial charge in [0.1, 0.15) is 24.4 Å². The van der Waals surface area contributed by atoms with Crippen molar-refractivity contribution in [3.63, 3.8) is 0 Å². The first-order valence-electron chi connectivity index (χ1n) is 10.4. The van der Waals surface area contributed by atoms with Crippen molar-refractivity contribution >= 4 is 39.5 Å². The summed E-state index contributed by atoms with van der Waals surface area (Å²) in [5.41, 5.74) is 1.15. The van der Waals surface area contributed by atoms with Crippen LogP contribution >= 0.6 is 11.3 Å². The first-order chi connectivity index (χ1) is 16.1. The highest BCUT2D eigenvalue weighted by molar-refractivity contribution is 7.13. The van der Waals surface area contributed by atoms with E-state index in [1.54, 1.807) is 24.8 Å².